The second kappa shape index (κ2) is 9.20. The average molecular weight is 464 g/mol. The number of ether oxygens (including phenoxy) is 1. The minimum atomic E-state index is -2.51. The van der Waals surface area contributed by atoms with E-state index in [-0.39, 0.29) is 30.8 Å². The number of alkyl halides is 2. The van der Waals surface area contributed by atoms with Crippen molar-refractivity contribution in [2.24, 2.45) is 5.92 Å². The number of nitrogens with zero attached hydrogens (tertiary/aromatic N) is 5. The molecule has 2 N–H and O–H groups in total. The maximum absolute atomic E-state index is 13.4. The number of anilines is 3. The lowest BCUT2D eigenvalue weighted by molar-refractivity contribution is -0.120. The van der Waals surface area contributed by atoms with Crippen LogP contribution in [-0.2, 0) is 22.6 Å². The number of aromatic nitrogens is 4. The topological polar surface area (TPSA) is 97.2 Å². The first-order chi connectivity index (χ1) is 15.7. The molecular formula is C22H31F2N7O2. The lowest BCUT2D eigenvalue weighted by Crippen LogP contribution is -2.53. The minimum absolute atomic E-state index is 0.0404. The Morgan fingerprint density at radius 3 is 2.76 bits per heavy atom. The van der Waals surface area contributed by atoms with E-state index in [0.717, 1.165) is 5.56 Å². The van der Waals surface area contributed by atoms with Gasteiger partial charge in [0.25, 0.3) is 0 Å². The van der Waals surface area contributed by atoms with E-state index in [4.69, 9.17) is 4.74 Å². The molecule has 11 heteroatoms. The van der Waals surface area contributed by atoms with E-state index in [1.165, 1.54) is 0 Å². The smallest absolute Gasteiger partial charge is 0.249 e. The molecule has 0 bridgehead atoms. The third kappa shape index (κ3) is 5.07. The monoisotopic (exact) mass is 463 g/mol. The molecule has 2 aliphatic rings. The van der Waals surface area contributed by atoms with Gasteiger partial charge in [-0.3, -0.25) is 9.48 Å². The molecule has 1 amide bonds. The van der Waals surface area contributed by atoms with Gasteiger partial charge in [0.15, 0.2) is 5.82 Å². The van der Waals surface area contributed by atoms with Crippen molar-refractivity contribution < 1.29 is 18.3 Å². The number of methoxy groups -OCH3 is 1. The largest absolute Gasteiger partial charge is 0.379 e. The molecule has 2 aromatic heterocycles. The molecule has 33 heavy (non-hydrogen) atoms. The Kier molecular flexibility index (Phi) is 6.51. The van der Waals surface area contributed by atoms with Gasteiger partial charge in [0.05, 0.1) is 18.0 Å². The van der Waals surface area contributed by atoms with Crippen LogP contribution >= 0.6 is 0 Å². The lowest BCUT2D eigenvalue weighted by atomic mass is 9.87. The van der Waals surface area contributed by atoms with Crippen LogP contribution in [0.4, 0.5) is 26.2 Å². The summed E-state index contributed by atoms with van der Waals surface area (Å²) in [6.07, 6.45) is 4.34. The van der Waals surface area contributed by atoms with Gasteiger partial charge < -0.3 is 20.3 Å². The number of fused-ring (bicyclic) bond motifs is 1. The summed E-state index contributed by atoms with van der Waals surface area (Å²) in [5.41, 5.74) is 2.21. The van der Waals surface area contributed by atoms with Gasteiger partial charge in [-0.2, -0.15) is 10.1 Å². The maximum atomic E-state index is 13.4. The van der Waals surface area contributed by atoms with Gasteiger partial charge in [-0.05, 0) is 32.6 Å². The molecule has 1 aliphatic carbocycles. The first kappa shape index (κ1) is 23.3. The zero-order valence-electron chi connectivity index (χ0n) is 19.4. The van der Waals surface area contributed by atoms with E-state index in [1.54, 1.807) is 13.3 Å². The third-order valence-corrected chi connectivity index (χ3v) is 6.57. The number of hydrogen-bond acceptors (Lipinski definition) is 7. The van der Waals surface area contributed by atoms with E-state index in [2.05, 4.69) is 25.7 Å². The molecule has 0 radical (unpaired) electrons. The van der Waals surface area contributed by atoms with Gasteiger partial charge in [0, 0.05) is 51.8 Å². The van der Waals surface area contributed by atoms with Gasteiger partial charge in [0.2, 0.25) is 17.8 Å². The molecule has 180 valence electrons. The van der Waals surface area contributed by atoms with Gasteiger partial charge in [-0.1, -0.05) is 0 Å². The normalized spacial score (nSPS) is 21.5. The molecule has 2 atom stereocenters. The Balaban J connectivity index is 1.40. The van der Waals surface area contributed by atoms with Crippen LogP contribution in [0.1, 0.15) is 43.9 Å². The average Bonchev–Trinajstić information content (AvgIpc) is 3.22. The van der Waals surface area contributed by atoms with Crippen molar-refractivity contribution in [1.82, 2.24) is 19.7 Å². The van der Waals surface area contributed by atoms with Crippen molar-refractivity contribution in [2.45, 2.75) is 70.7 Å². The highest BCUT2D eigenvalue weighted by Gasteiger charge is 2.37. The first-order valence-corrected chi connectivity index (χ1v) is 11.2. The van der Waals surface area contributed by atoms with Crippen LogP contribution in [0, 0.1) is 12.8 Å². The summed E-state index contributed by atoms with van der Waals surface area (Å²) in [6.45, 7) is 4.78. The summed E-state index contributed by atoms with van der Waals surface area (Å²) < 4.78 is 33.9. The zero-order chi connectivity index (χ0) is 23.8. The number of nitrogens with one attached hydrogen (secondary N) is 2. The third-order valence-electron chi connectivity index (χ3n) is 6.57. The van der Waals surface area contributed by atoms with Crippen molar-refractivity contribution >= 4 is 23.4 Å². The number of rotatable bonds is 7. The Morgan fingerprint density at radius 2 is 2.06 bits per heavy atom. The Hall–Kier alpha value is -2.82. The lowest BCUT2D eigenvalue weighted by Gasteiger charge is -2.37. The summed E-state index contributed by atoms with van der Waals surface area (Å²) in [5.74, 6) is -1.36. The Labute approximate surface area is 191 Å². The second-order valence-electron chi connectivity index (χ2n) is 9.04. The van der Waals surface area contributed by atoms with Crippen molar-refractivity contribution in [1.29, 1.82) is 0 Å². The van der Waals surface area contributed by atoms with Crippen molar-refractivity contribution in [2.75, 3.05) is 29.7 Å². The fourth-order valence-electron chi connectivity index (χ4n) is 4.53. The number of aryl methyl sites for hydroxylation is 1. The number of amides is 1. The van der Waals surface area contributed by atoms with Gasteiger partial charge in [0.1, 0.15) is 11.7 Å². The van der Waals surface area contributed by atoms with Crippen LogP contribution in [-0.4, -0.2) is 57.9 Å². The van der Waals surface area contributed by atoms with Crippen LogP contribution < -0.4 is 15.5 Å². The van der Waals surface area contributed by atoms with Crippen LogP contribution in [0.5, 0.6) is 0 Å². The minimum Gasteiger partial charge on any atom is -0.379 e. The molecule has 9 nitrogen and oxygen atoms in total. The molecule has 0 saturated heterocycles. The molecule has 0 spiro atoms. The molecule has 1 fully saturated rings. The van der Waals surface area contributed by atoms with E-state index >= 15 is 0 Å². The van der Waals surface area contributed by atoms with Crippen LogP contribution in [0.3, 0.4) is 0 Å². The molecule has 2 aromatic rings. The summed E-state index contributed by atoms with van der Waals surface area (Å²) >= 11 is 0. The SMILES string of the molecule is CO[C@H](C)[C@H]1C(=O)Nc2c(C)nc(NCc3cnn(CC4CCC(F)(F)CC4)c3)nc2N1C. The summed E-state index contributed by atoms with van der Waals surface area (Å²) in [4.78, 5) is 23.5. The maximum Gasteiger partial charge on any atom is 0.249 e. The van der Waals surface area contributed by atoms with Crippen molar-refractivity contribution in [3.05, 3.63) is 23.7 Å². The molecule has 0 unspecified atom stereocenters. The highest BCUT2D eigenvalue weighted by molar-refractivity contribution is 6.03. The number of halogens is 2. The first-order valence-electron chi connectivity index (χ1n) is 11.2. The number of carbonyl (C=O) groups excluding carboxylic acids is 1. The van der Waals surface area contributed by atoms with Gasteiger partial charge in [-0.15, -0.1) is 0 Å². The number of likely N-dealkylation sites (N-methyl/N-ethyl adjacent to an activating group) is 1. The Bertz CT molecular complexity index is 1000. The molecule has 4 rings (SSSR count). The van der Waals surface area contributed by atoms with E-state index in [0.29, 0.717) is 49.1 Å². The Morgan fingerprint density at radius 1 is 1.33 bits per heavy atom. The van der Waals surface area contributed by atoms with Gasteiger partial charge in [-0.25, -0.2) is 13.8 Å². The second-order valence-corrected chi connectivity index (χ2v) is 9.04. The molecule has 3 heterocycles. The van der Waals surface area contributed by atoms with Crippen molar-refractivity contribution in [3.63, 3.8) is 0 Å². The standard InChI is InChI=1S/C22H31F2N7O2/c1-13-17-19(30(3)18(14(2)33-4)20(32)28-17)29-21(27-13)25-9-16-10-26-31(12-16)11-15-5-7-22(23,24)8-6-15/h10,12,14-15,18H,5-9,11H2,1-4H3,(H,28,32)(H,25,27,29)/t14-,18+/m1/s1. The van der Waals surface area contributed by atoms with E-state index in [9.17, 15) is 13.6 Å². The molecular weight excluding hydrogens is 432 g/mol. The predicted molar refractivity (Wildman–Crippen MR) is 121 cm³/mol. The highest BCUT2D eigenvalue weighted by atomic mass is 19.3. The molecule has 1 saturated carbocycles. The number of hydrogen-bond donors (Lipinski definition) is 2. The van der Waals surface area contributed by atoms with Crippen molar-refractivity contribution in [3.8, 4) is 0 Å². The van der Waals surface area contributed by atoms with E-state index < -0.39 is 12.0 Å². The summed E-state index contributed by atoms with van der Waals surface area (Å²) in [5, 5.41) is 10.5. The van der Waals surface area contributed by atoms with E-state index in [1.807, 2.05) is 36.7 Å². The zero-order valence-corrected chi connectivity index (χ0v) is 19.4. The summed E-state index contributed by atoms with van der Waals surface area (Å²) in [6, 6.07) is -0.498. The molecule has 0 aromatic carbocycles. The fraction of sp³-hybridized carbons (Fsp3) is 0.636. The number of carbonyl (C=O) groups is 1. The van der Waals surface area contributed by atoms with Crippen LogP contribution in [0.15, 0.2) is 12.4 Å². The predicted octanol–water partition coefficient (Wildman–Crippen LogP) is 3.21. The van der Waals surface area contributed by atoms with Crippen LogP contribution in [0.2, 0.25) is 0 Å². The highest BCUT2D eigenvalue weighted by Crippen LogP contribution is 2.37. The summed E-state index contributed by atoms with van der Waals surface area (Å²) in [7, 11) is 3.39. The van der Waals surface area contributed by atoms with Crippen LogP contribution in [0.25, 0.3) is 0 Å². The quantitative estimate of drug-likeness (QED) is 0.651. The fourth-order valence-corrected chi connectivity index (χ4v) is 4.53. The van der Waals surface area contributed by atoms with Gasteiger partial charge >= 0.3 is 0 Å². The molecule has 1 aliphatic heterocycles.